The number of nitrogens with two attached hydrogens (primary N) is 1. The highest BCUT2D eigenvalue weighted by Crippen LogP contribution is 2.33. The normalized spacial score (nSPS) is 11.5. The lowest BCUT2D eigenvalue weighted by molar-refractivity contribution is -0.113. The van der Waals surface area contributed by atoms with Crippen LogP contribution in [0.4, 0.5) is 11.5 Å². The topological polar surface area (TPSA) is 102 Å². The molecule has 9 nitrogen and oxygen atoms in total. The van der Waals surface area contributed by atoms with Gasteiger partial charge < -0.3 is 20.3 Å². The van der Waals surface area contributed by atoms with Crippen molar-refractivity contribution < 1.29 is 9.53 Å². The number of nitrogens with zero attached hydrogens (tertiary/aromatic N) is 6. The highest BCUT2D eigenvalue weighted by Gasteiger charge is 2.18. The number of likely N-dealkylation sites (N-methyl/N-ethyl adjacent to an activating group) is 2. The molecular weight excluding hydrogens is 454 g/mol. The maximum atomic E-state index is 12.5. The number of aryl methyl sites for hydroxylation is 1. The molecule has 2 aromatic carbocycles. The standard InChI is InChI=1S/C27H31N7O2/c1-18-8-11-20(15-22(18)36-5)25-24-26(28)29-17-30-27(24)34(31-25)16-19-9-12-21(13-10-19)33(4)23(35)7-6-14-32(2)3/h6-13,15,17H,14,16H2,1-5H3,(H2,28,29,30). The maximum absolute atomic E-state index is 12.5. The average molecular weight is 486 g/mol. The summed E-state index contributed by atoms with van der Waals surface area (Å²) in [5.41, 5.74) is 11.3. The average Bonchev–Trinajstić information content (AvgIpc) is 3.23. The molecule has 0 spiro atoms. The van der Waals surface area contributed by atoms with E-state index in [1.165, 1.54) is 6.33 Å². The Kier molecular flexibility index (Phi) is 7.30. The van der Waals surface area contributed by atoms with E-state index in [1.807, 2.05) is 79.1 Å². The van der Waals surface area contributed by atoms with E-state index in [2.05, 4.69) is 9.97 Å². The SMILES string of the molecule is COc1cc(-c2nn(Cc3ccc(N(C)C(=O)C=CCN(C)C)cc3)c3ncnc(N)c23)ccc1C. The first-order valence-electron chi connectivity index (χ1n) is 11.6. The second-order valence-electron chi connectivity index (χ2n) is 8.88. The van der Waals surface area contributed by atoms with E-state index in [4.69, 9.17) is 15.6 Å². The van der Waals surface area contributed by atoms with Crippen molar-refractivity contribution in [1.82, 2.24) is 24.6 Å². The number of anilines is 2. The fourth-order valence-electron chi connectivity index (χ4n) is 3.91. The summed E-state index contributed by atoms with van der Waals surface area (Å²) >= 11 is 0. The molecule has 2 N–H and O–H groups in total. The van der Waals surface area contributed by atoms with Gasteiger partial charge >= 0.3 is 0 Å². The molecule has 1 amide bonds. The number of methoxy groups -OCH3 is 1. The van der Waals surface area contributed by atoms with Crippen LogP contribution in [-0.4, -0.2) is 65.4 Å². The Morgan fingerprint density at radius 3 is 2.56 bits per heavy atom. The van der Waals surface area contributed by atoms with Crippen LogP contribution in [0, 0.1) is 6.92 Å². The monoisotopic (exact) mass is 485 g/mol. The van der Waals surface area contributed by atoms with E-state index < -0.39 is 0 Å². The van der Waals surface area contributed by atoms with Gasteiger partial charge in [0.15, 0.2) is 5.65 Å². The molecule has 0 radical (unpaired) electrons. The number of nitrogen functional groups attached to an aromatic ring is 1. The van der Waals surface area contributed by atoms with Gasteiger partial charge in [-0.1, -0.05) is 30.3 Å². The number of hydrogen-bond donors (Lipinski definition) is 1. The van der Waals surface area contributed by atoms with Gasteiger partial charge in [-0.25, -0.2) is 14.6 Å². The van der Waals surface area contributed by atoms with Gasteiger partial charge in [-0.05, 0) is 50.3 Å². The van der Waals surface area contributed by atoms with Gasteiger partial charge in [-0.15, -0.1) is 0 Å². The number of ether oxygens (including phenoxy) is 1. The summed E-state index contributed by atoms with van der Waals surface area (Å²) in [5, 5.41) is 5.56. The van der Waals surface area contributed by atoms with Crippen LogP contribution in [0.15, 0.2) is 60.9 Å². The molecule has 0 unspecified atom stereocenters. The van der Waals surface area contributed by atoms with Crippen molar-refractivity contribution >= 4 is 28.4 Å². The molecule has 2 aromatic heterocycles. The van der Waals surface area contributed by atoms with E-state index in [0.717, 1.165) is 28.1 Å². The Morgan fingerprint density at radius 1 is 1.11 bits per heavy atom. The highest BCUT2D eigenvalue weighted by atomic mass is 16.5. The number of benzene rings is 2. The lowest BCUT2D eigenvalue weighted by atomic mass is 10.1. The molecule has 0 aliphatic heterocycles. The molecule has 186 valence electrons. The molecule has 36 heavy (non-hydrogen) atoms. The molecule has 9 heteroatoms. The second-order valence-corrected chi connectivity index (χ2v) is 8.88. The van der Waals surface area contributed by atoms with Crippen molar-refractivity contribution in [2.24, 2.45) is 0 Å². The van der Waals surface area contributed by atoms with E-state index in [9.17, 15) is 4.79 Å². The quantitative estimate of drug-likeness (QED) is 0.381. The van der Waals surface area contributed by atoms with Crippen LogP contribution >= 0.6 is 0 Å². The van der Waals surface area contributed by atoms with Crippen molar-refractivity contribution in [1.29, 1.82) is 0 Å². The molecule has 4 aromatic rings. The van der Waals surface area contributed by atoms with Gasteiger partial charge in [-0.2, -0.15) is 5.10 Å². The molecule has 0 atom stereocenters. The lowest BCUT2D eigenvalue weighted by Crippen LogP contribution is -2.24. The first kappa shape index (κ1) is 24.9. The van der Waals surface area contributed by atoms with Crippen LogP contribution in [0.2, 0.25) is 0 Å². The van der Waals surface area contributed by atoms with Gasteiger partial charge in [0, 0.05) is 30.9 Å². The van der Waals surface area contributed by atoms with E-state index in [0.29, 0.717) is 35.6 Å². The highest BCUT2D eigenvalue weighted by molar-refractivity contribution is 6.01. The van der Waals surface area contributed by atoms with Crippen LogP contribution in [0.3, 0.4) is 0 Å². The van der Waals surface area contributed by atoms with Crippen molar-refractivity contribution in [3.8, 4) is 17.0 Å². The third kappa shape index (κ3) is 5.21. The summed E-state index contributed by atoms with van der Waals surface area (Å²) in [4.78, 5) is 24.7. The maximum Gasteiger partial charge on any atom is 0.250 e. The smallest absolute Gasteiger partial charge is 0.250 e. The van der Waals surface area contributed by atoms with E-state index >= 15 is 0 Å². The van der Waals surface area contributed by atoms with E-state index in [1.54, 1.807) is 25.1 Å². The summed E-state index contributed by atoms with van der Waals surface area (Å²) in [5.74, 6) is 1.07. The minimum absolute atomic E-state index is 0.0759. The molecule has 2 heterocycles. The number of carbonyl (C=O) groups excluding carboxylic acids is 1. The van der Waals surface area contributed by atoms with Gasteiger partial charge in [0.05, 0.1) is 19.0 Å². The van der Waals surface area contributed by atoms with Gasteiger partial charge in [-0.3, -0.25) is 4.79 Å². The van der Waals surface area contributed by atoms with Crippen molar-refractivity contribution in [3.05, 3.63) is 72.1 Å². The lowest BCUT2D eigenvalue weighted by Gasteiger charge is -2.16. The van der Waals surface area contributed by atoms with E-state index in [-0.39, 0.29) is 5.91 Å². The molecule has 0 aliphatic rings. The summed E-state index contributed by atoms with van der Waals surface area (Å²) < 4.78 is 7.32. The Hall–Kier alpha value is -4.24. The predicted octanol–water partition coefficient (Wildman–Crippen LogP) is 3.52. The van der Waals surface area contributed by atoms with Crippen molar-refractivity contribution in [2.45, 2.75) is 13.5 Å². The zero-order valence-electron chi connectivity index (χ0n) is 21.3. The van der Waals surface area contributed by atoms with Crippen LogP contribution in [0.25, 0.3) is 22.3 Å². The van der Waals surface area contributed by atoms with Crippen LogP contribution < -0.4 is 15.4 Å². The molecule has 0 bridgehead atoms. The van der Waals surface area contributed by atoms with Crippen LogP contribution in [0.1, 0.15) is 11.1 Å². The largest absolute Gasteiger partial charge is 0.496 e. The Morgan fingerprint density at radius 2 is 1.86 bits per heavy atom. The number of rotatable bonds is 8. The van der Waals surface area contributed by atoms with Crippen molar-refractivity contribution in [3.63, 3.8) is 0 Å². The number of hydrogen-bond acceptors (Lipinski definition) is 7. The summed E-state index contributed by atoms with van der Waals surface area (Å²) in [6, 6.07) is 13.7. The van der Waals surface area contributed by atoms with Crippen molar-refractivity contribution in [2.75, 3.05) is 45.4 Å². The molecule has 4 rings (SSSR count). The molecule has 0 saturated carbocycles. The number of carbonyl (C=O) groups is 1. The number of fused-ring (bicyclic) bond motifs is 1. The fraction of sp³-hybridized carbons (Fsp3) is 0.259. The first-order chi connectivity index (χ1) is 17.3. The van der Waals surface area contributed by atoms with Crippen LogP contribution in [-0.2, 0) is 11.3 Å². The Balaban J connectivity index is 1.61. The summed E-state index contributed by atoms with van der Waals surface area (Å²) in [6.45, 7) is 3.18. The molecule has 0 fully saturated rings. The third-order valence-corrected chi connectivity index (χ3v) is 5.96. The zero-order chi connectivity index (χ0) is 25.8. The number of amides is 1. The first-order valence-corrected chi connectivity index (χ1v) is 11.6. The third-order valence-electron chi connectivity index (χ3n) is 5.96. The van der Waals surface area contributed by atoms with Gasteiger partial charge in [0.1, 0.15) is 23.6 Å². The van der Waals surface area contributed by atoms with Gasteiger partial charge in [0.25, 0.3) is 0 Å². The molecular formula is C27H31N7O2. The fourth-order valence-corrected chi connectivity index (χ4v) is 3.91. The molecule has 0 aliphatic carbocycles. The Bertz CT molecular complexity index is 1410. The summed E-state index contributed by atoms with van der Waals surface area (Å²) in [7, 11) is 7.33. The van der Waals surface area contributed by atoms with Crippen LogP contribution in [0.5, 0.6) is 5.75 Å². The predicted molar refractivity (Wildman–Crippen MR) is 143 cm³/mol. The minimum Gasteiger partial charge on any atom is -0.496 e. The number of aromatic nitrogens is 4. The van der Waals surface area contributed by atoms with Gasteiger partial charge in [0.2, 0.25) is 5.91 Å². The summed E-state index contributed by atoms with van der Waals surface area (Å²) in [6.07, 6.45) is 4.89. The second kappa shape index (κ2) is 10.6. The Labute approximate surface area is 210 Å². The molecule has 0 saturated heterocycles. The minimum atomic E-state index is -0.0759. The zero-order valence-corrected chi connectivity index (χ0v) is 21.3.